The molecule has 4 rings (SSSR count). The summed E-state index contributed by atoms with van der Waals surface area (Å²) < 4.78 is 74.8. The lowest BCUT2D eigenvalue weighted by Gasteiger charge is -2.35. The number of anilines is 1. The van der Waals surface area contributed by atoms with Gasteiger partial charge in [-0.3, -0.25) is 4.79 Å². The Hall–Kier alpha value is -3.51. The van der Waals surface area contributed by atoms with E-state index < -0.39 is 47.1 Å². The molecule has 0 radical (unpaired) electrons. The highest BCUT2D eigenvalue weighted by Gasteiger charge is 2.33. The van der Waals surface area contributed by atoms with Crippen LogP contribution in [-0.4, -0.2) is 35.7 Å². The molecule has 1 aromatic heterocycles. The number of aromatic nitrogens is 1. The standard InChI is InChI=1S/C23H21F5N4O3/c1-31(23(34)30-11-2-3-15(24)14(6-11)21(27)28)18-9-35-10-19-20(18)12-7-16(25)17(26)8-13(12)22(33)32(19)5-4-29/h2-3,6-8,18,21H,4-5,9-10,29H2,1H3,(H,30,34)/t18-/m1/s1. The molecular weight excluding hydrogens is 475 g/mol. The maximum atomic E-state index is 14.2. The molecule has 1 aliphatic rings. The van der Waals surface area contributed by atoms with Crippen LogP contribution in [0.25, 0.3) is 10.8 Å². The third-order valence-electron chi connectivity index (χ3n) is 5.93. The molecule has 0 bridgehead atoms. The fourth-order valence-corrected chi connectivity index (χ4v) is 4.21. The van der Waals surface area contributed by atoms with Crippen LogP contribution < -0.4 is 16.6 Å². The molecule has 35 heavy (non-hydrogen) atoms. The summed E-state index contributed by atoms with van der Waals surface area (Å²) in [4.78, 5) is 27.2. The first kappa shape index (κ1) is 24.6. The van der Waals surface area contributed by atoms with Gasteiger partial charge in [-0.25, -0.2) is 26.7 Å². The van der Waals surface area contributed by atoms with Gasteiger partial charge in [0.15, 0.2) is 11.6 Å². The summed E-state index contributed by atoms with van der Waals surface area (Å²) in [7, 11) is 1.39. The average Bonchev–Trinajstić information content (AvgIpc) is 2.83. The van der Waals surface area contributed by atoms with Crippen molar-refractivity contribution in [2.24, 2.45) is 5.73 Å². The number of nitrogens with two attached hydrogens (primary N) is 1. The van der Waals surface area contributed by atoms with Crippen molar-refractivity contribution in [1.82, 2.24) is 9.47 Å². The maximum Gasteiger partial charge on any atom is 0.322 e. The molecule has 0 aliphatic carbocycles. The van der Waals surface area contributed by atoms with E-state index in [1.807, 2.05) is 0 Å². The predicted octanol–water partition coefficient (Wildman–Crippen LogP) is 4.05. The number of fused-ring (bicyclic) bond motifs is 3. The molecule has 2 heterocycles. The number of rotatable bonds is 5. The number of halogens is 5. The van der Waals surface area contributed by atoms with E-state index in [0.717, 1.165) is 30.3 Å². The number of urea groups is 1. The van der Waals surface area contributed by atoms with Gasteiger partial charge < -0.3 is 25.3 Å². The Morgan fingerprint density at radius 2 is 1.86 bits per heavy atom. The van der Waals surface area contributed by atoms with Crippen LogP contribution in [0.15, 0.2) is 35.1 Å². The van der Waals surface area contributed by atoms with E-state index in [0.29, 0.717) is 11.3 Å². The van der Waals surface area contributed by atoms with Crippen molar-refractivity contribution in [3.05, 3.63) is 75.0 Å². The minimum atomic E-state index is -3.08. The van der Waals surface area contributed by atoms with Gasteiger partial charge in [0, 0.05) is 31.4 Å². The molecule has 12 heteroatoms. The number of pyridine rings is 1. The van der Waals surface area contributed by atoms with E-state index >= 15 is 0 Å². The van der Waals surface area contributed by atoms with Crippen LogP contribution in [0.3, 0.4) is 0 Å². The first-order valence-electron chi connectivity index (χ1n) is 10.6. The smallest absolute Gasteiger partial charge is 0.322 e. The quantitative estimate of drug-likeness (QED) is 0.522. The summed E-state index contributed by atoms with van der Waals surface area (Å²) in [5, 5.41) is 2.45. The van der Waals surface area contributed by atoms with Crippen LogP contribution in [0.4, 0.5) is 32.4 Å². The Morgan fingerprint density at radius 3 is 2.51 bits per heavy atom. The number of ether oxygens (including phenoxy) is 1. The number of nitrogens with one attached hydrogen (secondary N) is 1. The molecule has 0 unspecified atom stereocenters. The average molecular weight is 496 g/mol. The molecule has 2 amide bonds. The number of nitrogens with zero attached hydrogens (tertiary/aromatic N) is 2. The van der Waals surface area contributed by atoms with Crippen LogP contribution >= 0.6 is 0 Å². The molecule has 1 atom stereocenters. The van der Waals surface area contributed by atoms with Crippen LogP contribution in [-0.2, 0) is 17.9 Å². The molecule has 3 aromatic rings. The summed E-state index contributed by atoms with van der Waals surface area (Å²) in [6.07, 6.45) is -3.08. The fourth-order valence-electron chi connectivity index (χ4n) is 4.21. The molecule has 1 aliphatic heterocycles. The third kappa shape index (κ3) is 4.46. The van der Waals surface area contributed by atoms with E-state index in [4.69, 9.17) is 10.5 Å². The minimum absolute atomic E-state index is 0.0266. The Labute approximate surface area is 195 Å². The van der Waals surface area contributed by atoms with Crippen molar-refractivity contribution >= 4 is 22.5 Å². The summed E-state index contributed by atoms with van der Waals surface area (Å²) >= 11 is 0. The van der Waals surface area contributed by atoms with Crippen molar-refractivity contribution < 1.29 is 31.5 Å². The number of carbonyl (C=O) groups excluding carboxylic acids is 1. The molecular formula is C23H21F5N4O3. The van der Waals surface area contributed by atoms with Gasteiger partial charge in [0.1, 0.15) is 5.82 Å². The number of amides is 2. The Balaban J connectivity index is 1.78. The van der Waals surface area contributed by atoms with Crippen molar-refractivity contribution in [2.75, 3.05) is 25.5 Å². The van der Waals surface area contributed by atoms with Gasteiger partial charge in [-0.15, -0.1) is 0 Å². The molecule has 3 N–H and O–H groups in total. The number of hydrogen-bond acceptors (Lipinski definition) is 4. The van der Waals surface area contributed by atoms with Crippen molar-refractivity contribution in [3.63, 3.8) is 0 Å². The Bertz CT molecular complexity index is 1360. The Kier molecular flexibility index (Phi) is 6.77. The number of likely N-dealkylation sites (N-methyl/N-ethyl adjacent to an activating group) is 1. The SMILES string of the molecule is CN(C(=O)Nc1ccc(F)c(C(F)F)c1)[C@@H]1COCc2c1c1cc(F)c(F)cc1c(=O)n2CCN. The number of carbonyl (C=O) groups is 1. The zero-order chi connectivity index (χ0) is 25.4. The van der Waals surface area contributed by atoms with Crippen LogP contribution in [0.1, 0.15) is 29.3 Å². The molecule has 0 saturated heterocycles. The highest BCUT2D eigenvalue weighted by molar-refractivity contribution is 5.91. The fraction of sp³-hybridized carbons (Fsp3) is 0.304. The van der Waals surface area contributed by atoms with Gasteiger partial charge in [0.05, 0.1) is 35.9 Å². The maximum absolute atomic E-state index is 14.2. The van der Waals surface area contributed by atoms with Crippen molar-refractivity contribution in [3.8, 4) is 0 Å². The van der Waals surface area contributed by atoms with Crippen LogP contribution in [0.2, 0.25) is 0 Å². The predicted molar refractivity (Wildman–Crippen MR) is 118 cm³/mol. The highest BCUT2D eigenvalue weighted by Crippen LogP contribution is 2.35. The summed E-state index contributed by atoms with van der Waals surface area (Å²) in [6, 6.07) is 2.85. The number of benzene rings is 2. The van der Waals surface area contributed by atoms with E-state index in [1.54, 1.807) is 0 Å². The number of hydrogen-bond donors (Lipinski definition) is 2. The van der Waals surface area contributed by atoms with Gasteiger partial charge in [0.25, 0.3) is 12.0 Å². The second-order valence-corrected chi connectivity index (χ2v) is 8.03. The summed E-state index contributed by atoms with van der Waals surface area (Å²) in [6.45, 7) is 0.0896. The van der Waals surface area contributed by atoms with Gasteiger partial charge >= 0.3 is 6.03 Å². The van der Waals surface area contributed by atoms with Gasteiger partial charge in [-0.05, 0) is 35.7 Å². The first-order valence-corrected chi connectivity index (χ1v) is 10.6. The highest BCUT2D eigenvalue weighted by atomic mass is 19.3. The lowest BCUT2D eigenvalue weighted by Crippen LogP contribution is -2.41. The van der Waals surface area contributed by atoms with Gasteiger partial charge in [-0.2, -0.15) is 0 Å². The monoisotopic (exact) mass is 496 g/mol. The molecule has 0 spiro atoms. The topological polar surface area (TPSA) is 89.6 Å². The third-order valence-corrected chi connectivity index (χ3v) is 5.93. The summed E-state index contributed by atoms with van der Waals surface area (Å²) in [5.41, 5.74) is 4.86. The van der Waals surface area contributed by atoms with Crippen LogP contribution in [0, 0.1) is 17.5 Å². The van der Waals surface area contributed by atoms with Gasteiger partial charge in [0.2, 0.25) is 0 Å². The summed E-state index contributed by atoms with van der Waals surface area (Å²) in [5.74, 6) is -3.48. The first-order chi connectivity index (χ1) is 16.6. The lowest BCUT2D eigenvalue weighted by molar-refractivity contribution is 0.0500. The second-order valence-electron chi connectivity index (χ2n) is 8.03. The molecule has 0 saturated carbocycles. The molecule has 186 valence electrons. The molecule has 0 fully saturated rings. The molecule has 2 aromatic carbocycles. The largest absolute Gasteiger partial charge is 0.373 e. The van der Waals surface area contributed by atoms with E-state index in [2.05, 4.69) is 5.32 Å². The second kappa shape index (κ2) is 9.62. The van der Waals surface area contributed by atoms with Crippen molar-refractivity contribution in [1.29, 1.82) is 0 Å². The number of alkyl halides is 2. The van der Waals surface area contributed by atoms with Crippen molar-refractivity contribution in [2.45, 2.75) is 25.6 Å². The van der Waals surface area contributed by atoms with E-state index in [9.17, 15) is 31.5 Å². The zero-order valence-corrected chi connectivity index (χ0v) is 18.5. The molecule has 7 nitrogen and oxygen atoms in total. The lowest BCUT2D eigenvalue weighted by atomic mass is 9.95. The Morgan fingerprint density at radius 1 is 1.17 bits per heavy atom. The zero-order valence-electron chi connectivity index (χ0n) is 18.5. The van der Waals surface area contributed by atoms with E-state index in [1.165, 1.54) is 16.5 Å². The minimum Gasteiger partial charge on any atom is -0.373 e. The van der Waals surface area contributed by atoms with Gasteiger partial charge in [-0.1, -0.05) is 0 Å². The van der Waals surface area contributed by atoms with E-state index in [-0.39, 0.29) is 42.8 Å². The normalized spacial score (nSPS) is 15.4. The van der Waals surface area contributed by atoms with Crippen LogP contribution in [0.5, 0.6) is 0 Å².